The standard InChI is InChI=1S/C26H32N4O3S/c1-17(24-27-13-15-34-24)30-25(32)20-11-6-12-21(22(20)26(30)33)29-14-7-8-18(16-29)23(31)28-19-9-4-2-3-5-10-19/h6,11-13,15,17-19H,2-5,7-10,14,16H2,1H3,(H,28,31)/t17-,18+/m0/s1. The van der Waals surface area contributed by atoms with Crippen molar-refractivity contribution in [2.24, 2.45) is 5.92 Å². The Morgan fingerprint density at radius 1 is 1.09 bits per heavy atom. The summed E-state index contributed by atoms with van der Waals surface area (Å²) >= 11 is 1.44. The van der Waals surface area contributed by atoms with Gasteiger partial charge >= 0.3 is 0 Å². The Morgan fingerprint density at radius 3 is 2.62 bits per heavy atom. The lowest BCUT2D eigenvalue weighted by molar-refractivity contribution is -0.126. The largest absolute Gasteiger partial charge is 0.370 e. The van der Waals surface area contributed by atoms with E-state index in [4.69, 9.17) is 0 Å². The van der Waals surface area contributed by atoms with E-state index in [0.717, 1.165) is 42.9 Å². The molecule has 3 amide bonds. The lowest BCUT2D eigenvalue weighted by Gasteiger charge is -2.35. The second-order valence-electron chi connectivity index (χ2n) is 9.71. The van der Waals surface area contributed by atoms with Crippen molar-refractivity contribution in [1.29, 1.82) is 0 Å². The average Bonchev–Trinajstić information content (AvgIpc) is 3.39. The number of carbonyl (C=O) groups excluding carboxylic acids is 3. The highest BCUT2D eigenvalue weighted by Gasteiger charge is 2.42. The minimum atomic E-state index is -0.417. The molecule has 1 saturated carbocycles. The van der Waals surface area contributed by atoms with Gasteiger partial charge in [0.1, 0.15) is 5.01 Å². The van der Waals surface area contributed by atoms with Gasteiger partial charge in [0, 0.05) is 30.7 Å². The Balaban J connectivity index is 1.34. The predicted molar refractivity (Wildman–Crippen MR) is 132 cm³/mol. The number of carbonyl (C=O) groups is 3. The fourth-order valence-electron chi connectivity index (χ4n) is 5.60. The fraction of sp³-hybridized carbons (Fsp3) is 0.538. The van der Waals surface area contributed by atoms with Crippen LogP contribution < -0.4 is 10.2 Å². The molecule has 1 aromatic heterocycles. The van der Waals surface area contributed by atoms with Gasteiger partial charge in [-0.2, -0.15) is 0 Å². The number of thiazole rings is 1. The third-order valence-corrected chi connectivity index (χ3v) is 8.40. The molecule has 8 heteroatoms. The number of nitrogens with one attached hydrogen (secondary N) is 1. The van der Waals surface area contributed by atoms with E-state index >= 15 is 0 Å². The van der Waals surface area contributed by atoms with Crippen LogP contribution in [0.15, 0.2) is 29.8 Å². The second-order valence-corrected chi connectivity index (χ2v) is 10.6. The summed E-state index contributed by atoms with van der Waals surface area (Å²) in [4.78, 5) is 47.6. The maximum atomic E-state index is 13.5. The van der Waals surface area contributed by atoms with Crippen molar-refractivity contribution in [2.45, 2.75) is 70.4 Å². The highest BCUT2D eigenvalue weighted by molar-refractivity contribution is 7.09. The minimum absolute atomic E-state index is 0.106. The van der Waals surface area contributed by atoms with Gasteiger partial charge in [-0.3, -0.25) is 19.3 Å². The molecule has 7 nitrogen and oxygen atoms in total. The molecule has 0 unspecified atom stereocenters. The smallest absolute Gasteiger partial charge is 0.264 e. The third kappa shape index (κ3) is 4.35. The topological polar surface area (TPSA) is 82.6 Å². The Kier molecular flexibility index (Phi) is 6.68. The minimum Gasteiger partial charge on any atom is -0.370 e. The Labute approximate surface area is 204 Å². The molecule has 180 valence electrons. The molecule has 2 aliphatic heterocycles. The molecule has 2 fully saturated rings. The first kappa shape index (κ1) is 23.0. The first-order valence-electron chi connectivity index (χ1n) is 12.5. The first-order chi connectivity index (χ1) is 16.5. The van der Waals surface area contributed by atoms with Gasteiger partial charge in [0.05, 0.1) is 28.8 Å². The lowest BCUT2D eigenvalue weighted by Crippen LogP contribution is -2.46. The summed E-state index contributed by atoms with van der Waals surface area (Å²) in [7, 11) is 0. The first-order valence-corrected chi connectivity index (χ1v) is 13.4. The lowest BCUT2D eigenvalue weighted by atomic mass is 9.94. The second kappa shape index (κ2) is 9.86. The number of nitrogens with zero attached hydrogens (tertiary/aromatic N) is 3. The molecular formula is C26H32N4O3S. The van der Waals surface area contributed by atoms with E-state index in [0.29, 0.717) is 17.7 Å². The Morgan fingerprint density at radius 2 is 1.88 bits per heavy atom. The van der Waals surface area contributed by atoms with Gasteiger partial charge in [0.15, 0.2) is 0 Å². The number of hydrogen-bond acceptors (Lipinski definition) is 6. The summed E-state index contributed by atoms with van der Waals surface area (Å²) < 4.78 is 0. The van der Waals surface area contributed by atoms with Gasteiger partial charge in [-0.15, -0.1) is 11.3 Å². The molecule has 1 aliphatic carbocycles. The van der Waals surface area contributed by atoms with Gasteiger partial charge in [-0.05, 0) is 44.7 Å². The molecule has 0 bridgehead atoms. The molecule has 1 aromatic carbocycles. The summed E-state index contributed by atoms with van der Waals surface area (Å²) in [6.07, 6.45) is 10.4. The molecule has 0 radical (unpaired) electrons. The summed E-state index contributed by atoms with van der Waals surface area (Å²) in [5, 5.41) is 5.90. The van der Waals surface area contributed by atoms with Crippen LogP contribution in [0.2, 0.25) is 0 Å². The zero-order valence-corrected chi connectivity index (χ0v) is 20.5. The van der Waals surface area contributed by atoms with Crippen molar-refractivity contribution in [3.05, 3.63) is 45.9 Å². The molecule has 5 rings (SSSR count). The van der Waals surface area contributed by atoms with Crippen molar-refractivity contribution < 1.29 is 14.4 Å². The number of imide groups is 1. The number of amides is 3. The zero-order chi connectivity index (χ0) is 23.7. The number of fused-ring (bicyclic) bond motifs is 1. The van der Waals surface area contributed by atoms with E-state index in [1.165, 1.54) is 41.9 Å². The van der Waals surface area contributed by atoms with Crippen molar-refractivity contribution in [3.8, 4) is 0 Å². The van der Waals surface area contributed by atoms with Crippen LogP contribution in [0.1, 0.15) is 90.1 Å². The van der Waals surface area contributed by atoms with Gasteiger partial charge in [0.2, 0.25) is 5.91 Å². The monoisotopic (exact) mass is 480 g/mol. The molecule has 1 saturated heterocycles. The molecule has 3 heterocycles. The highest BCUT2D eigenvalue weighted by atomic mass is 32.1. The third-order valence-electron chi connectivity index (χ3n) is 7.45. The van der Waals surface area contributed by atoms with Crippen LogP contribution >= 0.6 is 11.3 Å². The van der Waals surface area contributed by atoms with E-state index in [1.54, 1.807) is 12.3 Å². The van der Waals surface area contributed by atoms with Crippen LogP contribution in [-0.4, -0.2) is 46.7 Å². The van der Waals surface area contributed by atoms with Gasteiger partial charge in [-0.25, -0.2) is 4.98 Å². The van der Waals surface area contributed by atoms with Gasteiger partial charge in [0.25, 0.3) is 11.8 Å². The summed E-state index contributed by atoms with van der Waals surface area (Å²) in [5.74, 6) is -0.524. The van der Waals surface area contributed by atoms with Crippen LogP contribution in [0, 0.1) is 5.92 Å². The summed E-state index contributed by atoms with van der Waals surface area (Å²) in [6, 6.07) is 5.35. The maximum absolute atomic E-state index is 13.5. The van der Waals surface area contributed by atoms with Gasteiger partial charge < -0.3 is 10.2 Å². The molecule has 34 heavy (non-hydrogen) atoms. The van der Waals surface area contributed by atoms with E-state index in [1.807, 2.05) is 24.4 Å². The van der Waals surface area contributed by atoms with E-state index in [2.05, 4.69) is 15.2 Å². The molecule has 2 atom stereocenters. The average molecular weight is 481 g/mol. The van der Waals surface area contributed by atoms with Crippen LogP contribution in [0.5, 0.6) is 0 Å². The van der Waals surface area contributed by atoms with Crippen molar-refractivity contribution >= 4 is 34.7 Å². The van der Waals surface area contributed by atoms with Gasteiger partial charge in [-0.1, -0.05) is 31.7 Å². The maximum Gasteiger partial charge on any atom is 0.264 e. The summed E-state index contributed by atoms with van der Waals surface area (Å²) in [5.41, 5.74) is 1.66. The van der Waals surface area contributed by atoms with Crippen LogP contribution in [0.4, 0.5) is 5.69 Å². The number of aromatic nitrogens is 1. The SMILES string of the molecule is C[C@@H](c1nccs1)N1C(=O)c2cccc(N3CCC[C@@H](C(=O)NC4CCCCCC4)C3)c2C1=O. The van der Waals surface area contributed by atoms with Crippen molar-refractivity contribution in [3.63, 3.8) is 0 Å². The zero-order valence-electron chi connectivity index (χ0n) is 19.7. The highest BCUT2D eigenvalue weighted by Crippen LogP contribution is 2.38. The molecule has 0 spiro atoms. The molecule has 1 N–H and O–H groups in total. The van der Waals surface area contributed by atoms with E-state index < -0.39 is 6.04 Å². The summed E-state index contributed by atoms with van der Waals surface area (Å²) in [6.45, 7) is 3.18. The number of piperidine rings is 1. The van der Waals surface area contributed by atoms with Crippen LogP contribution in [-0.2, 0) is 4.79 Å². The van der Waals surface area contributed by atoms with Crippen molar-refractivity contribution in [2.75, 3.05) is 18.0 Å². The number of rotatable bonds is 5. The van der Waals surface area contributed by atoms with Crippen LogP contribution in [0.25, 0.3) is 0 Å². The normalized spacial score (nSPS) is 22.4. The van der Waals surface area contributed by atoms with Crippen LogP contribution in [0.3, 0.4) is 0 Å². The molecule has 2 aromatic rings. The van der Waals surface area contributed by atoms with E-state index in [9.17, 15) is 14.4 Å². The Hall–Kier alpha value is -2.74. The number of hydrogen-bond donors (Lipinski definition) is 1. The van der Waals surface area contributed by atoms with Crippen molar-refractivity contribution in [1.82, 2.24) is 15.2 Å². The molecule has 3 aliphatic rings. The number of benzene rings is 1. The van der Waals surface area contributed by atoms with E-state index in [-0.39, 0.29) is 29.7 Å². The Bertz CT molecular complexity index is 1060. The quantitative estimate of drug-likeness (QED) is 0.501. The molecular weight excluding hydrogens is 448 g/mol. The number of anilines is 1. The predicted octanol–water partition coefficient (Wildman–Crippen LogP) is 4.56. The fourth-order valence-corrected chi connectivity index (χ4v) is 6.29.